The minimum absolute atomic E-state index is 0.0314. The minimum atomic E-state index is -3.62. The summed E-state index contributed by atoms with van der Waals surface area (Å²) in [6, 6.07) is 9.62. The number of piperidine rings is 1. The van der Waals surface area contributed by atoms with Gasteiger partial charge < -0.3 is 10.4 Å². The van der Waals surface area contributed by atoms with Gasteiger partial charge in [0.2, 0.25) is 10.0 Å². The van der Waals surface area contributed by atoms with E-state index in [4.69, 9.17) is 11.6 Å². The molecular formula is C16H17BrClN3O3S. The van der Waals surface area contributed by atoms with Gasteiger partial charge in [0, 0.05) is 23.8 Å². The van der Waals surface area contributed by atoms with Crippen LogP contribution in [0.25, 0.3) is 0 Å². The smallest absolute Gasteiger partial charge is 0.243 e. The second-order valence-electron chi connectivity index (χ2n) is 5.79. The minimum Gasteiger partial charge on any atom is -0.390 e. The van der Waals surface area contributed by atoms with Crippen molar-refractivity contribution in [2.24, 2.45) is 0 Å². The Bertz CT molecular complexity index is 831. The molecule has 2 heterocycles. The van der Waals surface area contributed by atoms with E-state index in [0.717, 1.165) is 4.47 Å². The monoisotopic (exact) mass is 445 g/mol. The Morgan fingerprint density at radius 1 is 1.24 bits per heavy atom. The second-order valence-corrected chi connectivity index (χ2v) is 9.08. The number of nitrogens with zero attached hydrogens (tertiary/aromatic N) is 2. The fraction of sp³-hybridized carbons (Fsp3) is 0.312. The molecule has 134 valence electrons. The van der Waals surface area contributed by atoms with Crippen LogP contribution in [-0.4, -0.2) is 48.0 Å². The quantitative estimate of drug-likeness (QED) is 0.754. The molecule has 3 rings (SSSR count). The van der Waals surface area contributed by atoms with Crippen molar-refractivity contribution >= 4 is 43.4 Å². The first-order chi connectivity index (χ1) is 11.9. The third-order valence-corrected chi connectivity index (χ3v) is 6.69. The summed E-state index contributed by atoms with van der Waals surface area (Å²) in [6.45, 7) is 0.352. The Kier molecular flexibility index (Phi) is 5.65. The lowest BCUT2D eigenvalue weighted by Gasteiger charge is -2.35. The van der Waals surface area contributed by atoms with Gasteiger partial charge in [-0.2, -0.15) is 4.31 Å². The molecule has 6 nitrogen and oxygen atoms in total. The number of sulfonamides is 1. The zero-order valence-electron chi connectivity index (χ0n) is 13.1. The molecule has 1 aromatic carbocycles. The van der Waals surface area contributed by atoms with Crippen LogP contribution < -0.4 is 5.32 Å². The summed E-state index contributed by atoms with van der Waals surface area (Å²) in [5.41, 5.74) is 0. The molecular weight excluding hydrogens is 430 g/mol. The number of β-amino-alcohol motifs (C(OH)–C–C–N with tert-alkyl or cyclic N) is 1. The number of rotatable bonds is 4. The molecule has 9 heteroatoms. The zero-order chi connectivity index (χ0) is 18.0. The number of aliphatic hydroxyl groups excluding tert-OH is 1. The predicted molar refractivity (Wildman–Crippen MR) is 100 cm³/mol. The second kappa shape index (κ2) is 7.59. The number of pyridine rings is 1. The number of halogens is 2. The number of hydrogen-bond donors (Lipinski definition) is 2. The van der Waals surface area contributed by atoms with Gasteiger partial charge in [0.25, 0.3) is 0 Å². The largest absolute Gasteiger partial charge is 0.390 e. The van der Waals surface area contributed by atoms with E-state index >= 15 is 0 Å². The molecule has 1 aromatic heterocycles. The van der Waals surface area contributed by atoms with Crippen LogP contribution in [0.3, 0.4) is 0 Å². The summed E-state index contributed by atoms with van der Waals surface area (Å²) in [7, 11) is -3.62. The first kappa shape index (κ1) is 18.6. The summed E-state index contributed by atoms with van der Waals surface area (Å²) >= 11 is 9.10. The number of hydrogen-bond acceptors (Lipinski definition) is 5. The van der Waals surface area contributed by atoms with E-state index in [9.17, 15) is 13.5 Å². The van der Waals surface area contributed by atoms with Crippen molar-refractivity contribution in [3.8, 4) is 0 Å². The molecule has 0 saturated carbocycles. The molecule has 1 aliphatic rings. The van der Waals surface area contributed by atoms with Crippen LogP contribution in [-0.2, 0) is 10.0 Å². The molecule has 1 fully saturated rings. The van der Waals surface area contributed by atoms with Crippen molar-refractivity contribution in [3.63, 3.8) is 0 Å². The van der Waals surface area contributed by atoms with E-state index in [2.05, 4.69) is 26.2 Å². The summed E-state index contributed by atoms with van der Waals surface area (Å²) in [5, 5.41) is 14.0. The van der Waals surface area contributed by atoms with Gasteiger partial charge in [-0.3, -0.25) is 0 Å². The fourth-order valence-electron chi connectivity index (χ4n) is 2.70. The van der Waals surface area contributed by atoms with Crippen LogP contribution in [0.15, 0.2) is 52.0 Å². The maximum Gasteiger partial charge on any atom is 0.243 e. The lowest BCUT2D eigenvalue weighted by atomic mass is 10.0. The summed E-state index contributed by atoms with van der Waals surface area (Å²) in [4.78, 5) is 4.36. The summed E-state index contributed by atoms with van der Waals surface area (Å²) in [5.74, 6) is 0.595. The molecule has 1 saturated heterocycles. The number of anilines is 1. The molecule has 2 aromatic rings. The number of aromatic nitrogens is 1. The predicted octanol–water partition coefficient (Wildman–Crippen LogP) is 2.73. The maximum absolute atomic E-state index is 12.7. The van der Waals surface area contributed by atoms with E-state index in [0.29, 0.717) is 23.8 Å². The molecule has 1 aliphatic heterocycles. The Labute approximate surface area is 160 Å². The summed E-state index contributed by atoms with van der Waals surface area (Å²) in [6.07, 6.45) is 1.15. The number of aliphatic hydroxyl groups is 1. The molecule has 25 heavy (non-hydrogen) atoms. The van der Waals surface area contributed by atoms with Gasteiger partial charge in [-0.05, 0) is 42.8 Å². The maximum atomic E-state index is 12.7. The van der Waals surface area contributed by atoms with Gasteiger partial charge in [-0.1, -0.05) is 27.5 Å². The van der Waals surface area contributed by atoms with Crippen LogP contribution in [0, 0.1) is 0 Å². The van der Waals surface area contributed by atoms with Gasteiger partial charge in [0.1, 0.15) is 5.82 Å². The van der Waals surface area contributed by atoms with E-state index in [1.807, 2.05) is 0 Å². The van der Waals surface area contributed by atoms with E-state index in [-0.39, 0.29) is 17.5 Å². The number of nitrogens with one attached hydrogen (secondary N) is 1. The fourth-order valence-corrected chi connectivity index (χ4v) is 4.55. The highest BCUT2D eigenvalue weighted by atomic mass is 79.9. The first-order valence-corrected chi connectivity index (χ1v) is 10.3. The highest BCUT2D eigenvalue weighted by molar-refractivity contribution is 9.10. The first-order valence-electron chi connectivity index (χ1n) is 7.68. The van der Waals surface area contributed by atoms with Gasteiger partial charge >= 0.3 is 0 Å². The van der Waals surface area contributed by atoms with Gasteiger partial charge in [0.15, 0.2) is 0 Å². The average molecular weight is 447 g/mol. The van der Waals surface area contributed by atoms with Crippen LogP contribution in [0.2, 0.25) is 5.02 Å². The van der Waals surface area contributed by atoms with Crippen molar-refractivity contribution in [2.75, 3.05) is 18.4 Å². The van der Waals surface area contributed by atoms with E-state index in [1.165, 1.54) is 10.5 Å². The SMILES string of the molecule is O=S(=O)(c1ccc(Br)cc1)N1CC[C@@H](Nc2ccc(Cl)cn2)[C@@H](O)C1. The molecule has 0 unspecified atom stereocenters. The van der Waals surface area contributed by atoms with Crippen LogP contribution in [0.4, 0.5) is 5.82 Å². The molecule has 2 atom stereocenters. The van der Waals surface area contributed by atoms with Crippen molar-refractivity contribution in [1.29, 1.82) is 0 Å². The molecule has 0 bridgehead atoms. The van der Waals surface area contributed by atoms with Gasteiger partial charge in [0.05, 0.1) is 22.1 Å². The molecule has 0 spiro atoms. The van der Waals surface area contributed by atoms with Crippen molar-refractivity contribution in [3.05, 3.63) is 52.1 Å². The molecule has 0 amide bonds. The standard InChI is InChI=1S/C16H17BrClN3O3S/c17-11-1-4-13(5-2-11)25(23,24)21-8-7-14(15(22)10-21)20-16-6-3-12(18)9-19-16/h1-6,9,14-15,22H,7-8,10H2,(H,19,20)/t14-,15+/m1/s1. The van der Waals surface area contributed by atoms with Crippen molar-refractivity contribution in [1.82, 2.24) is 9.29 Å². The molecule has 0 aliphatic carbocycles. The van der Waals surface area contributed by atoms with Crippen LogP contribution in [0.5, 0.6) is 0 Å². The Morgan fingerprint density at radius 3 is 2.56 bits per heavy atom. The van der Waals surface area contributed by atoms with Gasteiger partial charge in [-0.25, -0.2) is 13.4 Å². The third kappa shape index (κ3) is 4.32. The van der Waals surface area contributed by atoms with E-state index < -0.39 is 16.1 Å². The molecule has 0 radical (unpaired) electrons. The zero-order valence-corrected chi connectivity index (χ0v) is 16.3. The van der Waals surface area contributed by atoms with Gasteiger partial charge in [-0.15, -0.1) is 0 Å². The Hall–Kier alpha value is -1.19. The summed E-state index contributed by atoms with van der Waals surface area (Å²) < 4.78 is 27.5. The average Bonchev–Trinajstić information content (AvgIpc) is 2.59. The normalized spacial score (nSPS) is 21.9. The lowest BCUT2D eigenvalue weighted by Crippen LogP contribution is -2.51. The highest BCUT2D eigenvalue weighted by Gasteiger charge is 2.34. The van der Waals surface area contributed by atoms with Crippen LogP contribution >= 0.6 is 27.5 Å². The molecule has 2 N–H and O–H groups in total. The topological polar surface area (TPSA) is 82.5 Å². The Morgan fingerprint density at radius 2 is 1.96 bits per heavy atom. The third-order valence-electron chi connectivity index (χ3n) is 4.06. The van der Waals surface area contributed by atoms with E-state index in [1.54, 1.807) is 36.4 Å². The lowest BCUT2D eigenvalue weighted by molar-refractivity contribution is 0.0949. The van der Waals surface area contributed by atoms with Crippen molar-refractivity contribution < 1.29 is 13.5 Å². The van der Waals surface area contributed by atoms with Crippen LogP contribution in [0.1, 0.15) is 6.42 Å². The van der Waals surface area contributed by atoms with Crippen molar-refractivity contribution in [2.45, 2.75) is 23.5 Å². The Balaban J connectivity index is 1.68. The number of benzene rings is 1. The highest BCUT2D eigenvalue weighted by Crippen LogP contribution is 2.24.